The van der Waals surface area contributed by atoms with Crippen LogP contribution in [0.25, 0.3) is 11.3 Å². The van der Waals surface area contributed by atoms with Gasteiger partial charge in [0.15, 0.2) is 0 Å². The first-order chi connectivity index (χ1) is 8.97. The number of hydrogen-bond acceptors (Lipinski definition) is 2. The molecule has 0 aliphatic rings. The topological polar surface area (TPSA) is 50.2 Å². The maximum Gasteiger partial charge on any atom is 0.307 e. The van der Waals surface area contributed by atoms with E-state index in [-0.39, 0.29) is 6.42 Å². The van der Waals surface area contributed by atoms with Crippen LogP contribution in [-0.2, 0) is 11.2 Å². The summed E-state index contributed by atoms with van der Waals surface area (Å²) in [5.41, 5.74) is 5.93. The number of rotatable bonds is 3. The monoisotopic (exact) mass is 255 g/mol. The van der Waals surface area contributed by atoms with Gasteiger partial charge in [-0.1, -0.05) is 29.8 Å². The minimum absolute atomic E-state index is 0.0198. The Morgan fingerprint density at radius 3 is 2.47 bits per heavy atom. The number of hydrogen-bond donors (Lipinski definition) is 1. The molecule has 1 aromatic carbocycles. The first kappa shape index (κ1) is 13.3. The zero-order valence-electron chi connectivity index (χ0n) is 11.4. The van der Waals surface area contributed by atoms with Gasteiger partial charge < -0.3 is 5.11 Å². The molecule has 2 aromatic rings. The van der Waals surface area contributed by atoms with E-state index in [1.165, 1.54) is 11.1 Å². The van der Waals surface area contributed by atoms with Crippen molar-refractivity contribution in [2.24, 2.45) is 0 Å². The summed E-state index contributed by atoms with van der Waals surface area (Å²) < 4.78 is 0. The average Bonchev–Trinajstić information content (AvgIpc) is 2.31. The quantitative estimate of drug-likeness (QED) is 0.915. The van der Waals surface area contributed by atoms with Gasteiger partial charge in [0, 0.05) is 11.3 Å². The van der Waals surface area contributed by atoms with Crippen LogP contribution in [-0.4, -0.2) is 16.1 Å². The van der Waals surface area contributed by atoms with Crippen LogP contribution in [0.1, 0.15) is 22.4 Å². The lowest BCUT2D eigenvalue weighted by Crippen LogP contribution is -2.03. The second-order valence-electron chi connectivity index (χ2n) is 4.83. The number of pyridine rings is 1. The lowest BCUT2D eigenvalue weighted by atomic mass is 10.0. The third-order valence-electron chi connectivity index (χ3n) is 3.19. The molecular formula is C16H17NO2. The van der Waals surface area contributed by atoms with E-state index < -0.39 is 5.97 Å². The van der Waals surface area contributed by atoms with E-state index in [9.17, 15) is 4.79 Å². The van der Waals surface area contributed by atoms with Crippen LogP contribution < -0.4 is 0 Å². The van der Waals surface area contributed by atoms with Gasteiger partial charge in [-0.3, -0.25) is 9.78 Å². The fourth-order valence-corrected chi connectivity index (χ4v) is 2.19. The van der Waals surface area contributed by atoms with Crippen LogP contribution in [0.5, 0.6) is 0 Å². The summed E-state index contributed by atoms with van der Waals surface area (Å²) in [5, 5.41) is 8.82. The average molecular weight is 255 g/mol. The Kier molecular flexibility index (Phi) is 3.65. The van der Waals surface area contributed by atoms with E-state index in [1.807, 2.05) is 19.1 Å². The smallest absolute Gasteiger partial charge is 0.307 e. The van der Waals surface area contributed by atoms with Crippen molar-refractivity contribution in [1.82, 2.24) is 4.98 Å². The molecule has 98 valence electrons. The molecule has 0 aliphatic heterocycles. The highest BCUT2D eigenvalue weighted by Gasteiger charge is 2.08. The van der Waals surface area contributed by atoms with E-state index in [4.69, 9.17) is 5.11 Å². The second-order valence-corrected chi connectivity index (χ2v) is 4.83. The molecule has 0 saturated carbocycles. The summed E-state index contributed by atoms with van der Waals surface area (Å²) in [6.45, 7) is 5.97. The number of carboxylic acids is 1. The fourth-order valence-electron chi connectivity index (χ4n) is 2.19. The van der Waals surface area contributed by atoms with Gasteiger partial charge >= 0.3 is 5.97 Å². The van der Waals surface area contributed by atoms with Crippen LogP contribution in [0.3, 0.4) is 0 Å². The molecule has 0 saturated heterocycles. The summed E-state index contributed by atoms with van der Waals surface area (Å²) in [6, 6.07) is 9.99. The SMILES string of the molecule is Cc1ccc(-c2ccc(CC(=O)O)c(C)n2)c(C)c1. The Hall–Kier alpha value is -2.16. The number of aliphatic carboxylic acids is 1. The fraction of sp³-hybridized carbons (Fsp3) is 0.250. The van der Waals surface area contributed by atoms with Gasteiger partial charge in [0.25, 0.3) is 0 Å². The number of carboxylic acid groups (broad SMARTS) is 1. The highest BCUT2D eigenvalue weighted by molar-refractivity contribution is 5.71. The molecule has 19 heavy (non-hydrogen) atoms. The van der Waals surface area contributed by atoms with Crippen LogP contribution in [0.15, 0.2) is 30.3 Å². The molecular weight excluding hydrogens is 238 g/mol. The summed E-state index contributed by atoms with van der Waals surface area (Å²) in [7, 11) is 0. The first-order valence-corrected chi connectivity index (χ1v) is 6.23. The van der Waals surface area contributed by atoms with Crippen LogP contribution in [0.4, 0.5) is 0 Å². The van der Waals surface area contributed by atoms with E-state index in [0.717, 1.165) is 22.5 Å². The molecule has 0 bridgehead atoms. The molecule has 0 atom stereocenters. The van der Waals surface area contributed by atoms with Gasteiger partial charge in [-0.2, -0.15) is 0 Å². The molecule has 0 aliphatic carbocycles. The molecule has 1 heterocycles. The lowest BCUT2D eigenvalue weighted by molar-refractivity contribution is -0.136. The van der Waals surface area contributed by atoms with Crippen molar-refractivity contribution in [1.29, 1.82) is 0 Å². The van der Waals surface area contributed by atoms with Gasteiger partial charge in [0.1, 0.15) is 0 Å². The minimum Gasteiger partial charge on any atom is -0.481 e. The molecule has 0 radical (unpaired) electrons. The zero-order chi connectivity index (χ0) is 14.0. The van der Waals surface area contributed by atoms with Crippen molar-refractivity contribution in [3.05, 3.63) is 52.7 Å². The number of aromatic nitrogens is 1. The summed E-state index contributed by atoms with van der Waals surface area (Å²) >= 11 is 0. The van der Waals surface area contributed by atoms with E-state index in [2.05, 4.69) is 37.0 Å². The molecule has 3 nitrogen and oxygen atoms in total. The molecule has 2 rings (SSSR count). The molecule has 3 heteroatoms. The molecule has 1 N–H and O–H groups in total. The van der Waals surface area contributed by atoms with Gasteiger partial charge in [-0.25, -0.2) is 0 Å². The van der Waals surface area contributed by atoms with E-state index in [0.29, 0.717) is 0 Å². The third-order valence-corrected chi connectivity index (χ3v) is 3.19. The predicted octanol–water partition coefficient (Wildman–Crippen LogP) is 3.30. The van der Waals surface area contributed by atoms with Crippen molar-refractivity contribution in [3.63, 3.8) is 0 Å². The van der Waals surface area contributed by atoms with Crippen molar-refractivity contribution in [3.8, 4) is 11.3 Å². The van der Waals surface area contributed by atoms with Gasteiger partial charge in [-0.05, 0) is 38.0 Å². The van der Waals surface area contributed by atoms with Crippen LogP contribution in [0.2, 0.25) is 0 Å². The molecule has 0 unspecified atom stereocenters. The Bertz CT molecular complexity index is 633. The molecule has 0 spiro atoms. The predicted molar refractivity (Wildman–Crippen MR) is 75.2 cm³/mol. The maximum atomic E-state index is 10.7. The van der Waals surface area contributed by atoms with E-state index in [1.54, 1.807) is 0 Å². The lowest BCUT2D eigenvalue weighted by Gasteiger charge is -2.09. The Morgan fingerprint density at radius 2 is 1.89 bits per heavy atom. The number of aryl methyl sites for hydroxylation is 3. The van der Waals surface area contributed by atoms with Crippen molar-refractivity contribution in [2.75, 3.05) is 0 Å². The third kappa shape index (κ3) is 2.99. The molecule has 0 amide bonds. The van der Waals surface area contributed by atoms with Crippen molar-refractivity contribution < 1.29 is 9.90 Å². The maximum absolute atomic E-state index is 10.7. The number of benzene rings is 1. The Morgan fingerprint density at radius 1 is 1.16 bits per heavy atom. The summed E-state index contributed by atoms with van der Waals surface area (Å²) in [5.74, 6) is -0.829. The standard InChI is InChI=1S/C16H17NO2/c1-10-4-6-14(11(2)8-10)15-7-5-13(9-16(18)19)12(3)17-15/h4-8H,9H2,1-3H3,(H,18,19). The van der Waals surface area contributed by atoms with Crippen LogP contribution >= 0.6 is 0 Å². The Balaban J connectivity index is 2.41. The normalized spacial score (nSPS) is 10.5. The van der Waals surface area contributed by atoms with Crippen LogP contribution in [0, 0.1) is 20.8 Å². The summed E-state index contributed by atoms with van der Waals surface area (Å²) in [4.78, 5) is 15.3. The minimum atomic E-state index is -0.829. The summed E-state index contributed by atoms with van der Waals surface area (Å²) in [6.07, 6.45) is 0.0198. The largest absolute Gasteiger partial charge is 0.481 e. The Labute approximate surface area is 112 Å². The van der Waals surface area contributed by atoms with Gasteiger partial charge in [-0.15, -0.1) is 0 Å². The molecule has 0 fully saturated rings. The first-order valence-electron chi connectivity index (χ1n) is 6.23. The molecule has 1 aromatic heterocycles. The van der Waals surface area contributed by atoms with E-state index >= 15 is 0 Å². The van der Waals surface area contributed by atoms with Gasteiger partial charge in [0.05, 0.1) is 12.1 Å². The van der Waals surface area contributed by atoms with Crippen molar-refractivity contribution in [2.45, 2.75) is 27.2 Å². The van der Waals surface area contributed by atoms with Gasteiger partial charge in [0.2, 0.25) is 0 Å². The second kappa shape index (κ2) is 5.22. The highest BCUT2D eigenvalue weighted by atomic mass is 16.4. The number of nitrogens with zero attached hydrogens (tertiary/aromatic N) is 1. The number of carbonyl (C=O) groups is 1. The highest BCUT2D eigenvalue weighted by Crippen LogP contribution is 2.23. The van der Waals surface area contributed by atoms with Crippen molar-refractivity contribution >= 4 is 5.97 Å². The zero-order valence-corrected chi connectivity index (χ0v) is 11.4.